The smallest absolute Gasteiger partial charge is 0.337 e. The van der Waals surface area contributed by atoms with Crippen LogP contribution in [0.5, 0.6) is 0 Å². The lowest BCUT2D eigenvalue weighted by Crippen LogP contribution is -2.33. The monoisotopic (exact) mass is 400 g/mol. The molecule has 0 saturated carbocycles. The van der Waals surface area contributed by atoms with Crippen molar-refractivity contribution >= 4 is 17.6 Å². The number of allylic oxidation sites excluding steroid dienone is 2. The van der Waals surface area contributed by atoms with Crippen molar-refractivity contribution in [3.63, 3.8) is 0 Å². The maximum atomic E-state index is 13.0. The van der Waals surface area contributed by atoms with Gasteiger partial charge in [-0.3, -0.25) is 0 Å². The molecule has 1 aromatic rings. The molecule has 0 aliphatic carbocycles. The number of dihydropyridines is 1. The minimum atomic E-state index is -0.565. The number of rotatable bonds is 6. The number of esters is 2. The molecule has 6 heteroatoms. The third kappa shape index (κ3) is 5.19. The number of nitrogens with one attached hydrogen (secondary N) is 1. The third-order valence-corrected chi connectivity index (χ3v) is 4.63. The highest BCUT2D eigenvalue weighted by Gasteiger charge is 2.38. The van der Waals surface area contributed by atoms with E-state index in [9.17, 15) is 9.59 Å². The van der Waals surface area contributed by atoms with Gasteiger partial charge >= 0.3 is 11.9 Å². The van der Waals surface area contributed by atoms with Crippen LogP contribution in [0.3, 0.4) is 0 Å². The number of ether oxygens (including phenoxy) is 2. The Balaban J connectivity index is 2.61. The second-order valence-electron chi connectivity index (χ2n) is 8.03. The van der Waals surface area contributed by atoms with E-state index in [1.54, 1.807) is 27.7 Å². The Morgan fingerprint density at radius 2 is 1.28 bits per heavy atom. The van der Waals surface area contributed by atoms with Gasteiger partial charge in [-0.25, -0.2) is 9.59 Å². The van der Waals surface area contributed by atoms with Gasteiger partial charge in [0, 0.05) is 31.2 Å². The van der Waals surface area contributed by atoms with Crippen LogP contribution >= 0.6 is 0 Å². The minimum absolute atomic E-state index is 0.266. The normalized spacial score (nSPS) is 15.0. The molecule has 6 nitrogen and oxygen atoms in total. The molecule has 1 N–H and O–H groups in total. The number of hydrogen-bond donors (Lipinski definition) is 1. The van der Waals surface area contributed by atoms with Crippen LogP contribution in [0.2, 0.25) is 0 Å². The molecule has 0 amide bonds. The second kappa shape index (κ2) is 9.16. The largest absolute Gasteiger partial charge is 0.460 e. The Kier molecular flexibility index (Phi) is 7.11. The predicted octanol–water partition coefficient (Wildman–Crippen LogP) is 3.89. The van der Waals surface area contributed by atoms with E-state index in [1.807, 2.05) is 57.1 Å². The van der Waals surface area contributed by atoms with E-state index in [0.717, 1.165) is 11.3 Å². The van der Waals surface area contributed by atoms with Crippen molar-refractivity contribution in [3.05, 3.63) is 52.4 Å². The average Bonchev–Trinajstić information content (AvgIpc) is 2.59. The lowest BCUT2D eigenvalue weighted by Gasteiger charge is -2.31. The van der Waals surface area contributed by atoms with Crippen LogP contribution in [0.1, 0.15) is 53.0 Å². The van der Waals surface area contributed by atoms with Crippen molar-refractivity contribution < 1.29 is 19.1 Å². The van der Waals surface area contributed by atoms with Crippen LogP contribution in [0.15, 0.2) is 46.8 Å². The van der Waals surface area contributed by atoms with Crippen LogP contribution in [-0.4, -0.2) is 38.2 Å². The minimum Gasteiger partial charge on any atom is -0.460 e. The Labute approximate surface area is 173 Å². The number of anilines is 1. The number of hydrogen-bond acceptors (Lipinski definition) is 6. The zero-order chi connectivity index (χ0) is 21.9. The molecule has 1 aliphatic heterocycles. The number of nitrogens with zero attached hydrogens (tertiary/aromatic N) is 1. The molecule has 0 saturated heterocycles. The summed E-state index contributed by atoms with van der Waals surface area (Å²) in [4.78, 5) is 27.9. The molecular weight excluding hydrogens is 368 g/mol. The van der Waals surface area contributed by atoms with Crippen LogP contribution in [0, 0.1) is 0 Å². The molecule has 0 aromatic heterocycles. The van der Waals surface area contributed by atoms with Crippen LogP contribution in [-0.2, 0) is 19.1 Å². The maximum absolute atomic E-state index is 13.0. The first-order valence-electron chi connectivity index (χ1n) is 9.90. The molecule has 0 atom stereocenters. The molecule has 2 rings (SSSR count). The van der Waals surface area contributed by atoms with Gasteiger partial charge < -0.3 is 19.7 Å². The summed E-state index contributed by atoms with van der Waals surface area (Å²) in [6, 6.07) is 7.83. The molecule has 1 aromatic carbocycles. The summed E-state index contributed by atoms with van der Waals surface area (Å²) in [6.07, 6.45) is -0.532. The topological polar surface area (TPSA) is 67.9 Å². The first kappa shape index (κ1) is 22.5. The number of carbonyl (C=O) groups is 2. The maximum Gasteiger partial charge on any atom is 0.337 e. The fraction of sp³-hybridized carbons (Fsp3) is 0.478. The van der Waals surface area contributed by atoms with Gasteiger partial charge in [0.05, 0.1) is 29.3 Å². The van der Waals surface area contributed by atoms with E-state index >= 15 is 0 Å². The van der Waals surface area contributed by atoms with E-state index in [0.29, 0.717) is 22.5 Å². The first-order chi connectivity index (χ1) is 13.5. The highest BCUT2D eigenvalue weighted by atomic mass is 16.5. The molecule has 0 bridgehead atoms. The first-order valence-corrected chi connectivity index (χ1v) is 9.90. The van der Waals surface area contributed by atoms with Gasteiger partial charge in [-0.2, -0.15) is 0 Å². The summed E-state index contributed by atoms with van der Waals surface area (Å²) < 4.78 is 11.0. The van der Waals surface area contributed by atoms with E-state index in [4.69, 9.17) is 9.47 Å². The van der Waals surface area contributed by atoms with Crippen molar-refractivity contribution in [1.82, 2.24) is 5.32 Å². The predicted molar refractivity (Wildman–Crippen MR) is 115 cm³/mol. The standard InChI is InChI=1S/C23H32N2O4/c1-13(2)28-22(26)19-15(5)24-16(6)20(23(27)29-14(3)4)21(19)17-9-11-18(12-10-17)25(7)8/h9-14,21,24H,1-8H3. The summed E-state index contributed by atoms with van der Waals surface area (Å²) in [7, 11) is 3.93. The molecule has 0 radical (unpaired) electrons. The van der Waals surface area contributed by atoms with E-state index in [2.05, 4.69) is 5.32 Å². The fourth-order valence-corrected chi connectivity index (χ4v) is 3.39. The molecule has 1 heterocycles. The lowest BCUT2D eigenvalue weighted by atomic mass is 9.80. The third-order valence-electron chi connectivity index (χ3n) is 4.63. The molecular formula is C23H32N2O4. The van der Waals surface area contributed by atoms with Gasteiger partial charge in [0.1, 0.15) is 0 Å². The van der Waals surface area contributed by atoms with E-state index < -0.39 is 17.9 Å². The fourth-order valence-electron chi connectivity index (χ4n) is 3.39. The molecule has 29 heavy (non-hydrogen) atoms. The summed E-state index contributed by atoms with van der Waals surface area (Å²) >= 11 is 0. The zero-order valence-corrected chi connectivity index (χ0v) is 18.6. The average molecular weight is 401 g/mol. The quantitative estimate of drug-likeness (QED) is 0.731. The molecule has 1 aliphatic rings. The van der Waals surface area contributed by atoms with Gasteiger partial charge in [0.15, 0.2) is 0 Å². The van der Waals surface area contributed by atoms with Crippen molar-refractivity contribution in [1.29, 1.82) is 0 Å². The summed E-state index contributed by atoms with van der Waals surface area (Å²) in [5.41, 5.74) is 4.07. The van der Waals surface area contributed by atoms with Gasteiger partial charge in [0.25, 0.3) is 0 Å². The summed E-state index contributed by atoms with van der Waals surface area (Å²) in [6.45, 7) is 10.9. The molecule has 158 valence electrons. The second-order valence-corrected chi connectivity index (χ2v) is 8.03. The number of carbonyl (C=O) groups excluding carboxylic acids is 2. The molecule has 0 fully saturated rings. The van der Waals surface area contributed by atoms with Gasteiger partial charge in [0.2, 0.25) is 0 Å². The Hall–Kier alpha value is -2.76. The lowest BCUT2D eigenvalue weighted by molar-refractivity contribution is -0.143. The van der Waals surface area contributed by atoms with Gasteiger partial charge in [-0.15, -0.1) is 0 Å². The SMILES string of the molecule is CC1=C(C(=O)OC(C)C)C(c2ccc(N(C)C)cc2)C(C(=O)OC(C)C)=C(C)N1. The Bertz CT molecular complexity index is 789. The highest BCUT2D eigenvalue weighted by molar-refractivity contribution is 6.00. The molecule has 0 unspecified atom stereocenters. The zero-order valence-electron chi connectivity index (χ0n) is 18.6. The van der Waals surface area contributed by atoms with Crippen LogP contribution in [0.25, 0.3) is 0 Å². The van der Waals surface area contributed by atoms with Crippen molar-refractivity contribution in [3.8, 4) is 0 Å². The summed E-state index contributed by atoms with van der Waals surface area (Å²) in [5.74, 6) is -1.44. The Morgan fingerprint density at radius 3 is 1.62 bits per heavy atom. The Morgan fingerprint density at radius 1 is 0.862 bits per heavy atom. The van der Waals surface area contributed by atoms with E-state index in [1.165, 1.54) is 0 Å². The van der Waals surface area contributed by atoms with E-state index in [-0.39, 0.29) is 12.2 Å². The van der Waals surface area contributed by atoms with Gasteiger partial charge in [-0.1, -0.05) is 12.1 Å². The van der Waals surface area contributed by atoms with Crippen molar-refractivity contribution in [2.24, 2.45) is 0 Å². The van der Waals surface area contributed by atoms with Gasteiger partial charge in [-0.05, 0) is 59.2 Å². The van der Waals surface area contributed by atoms with Crippen molar-refractivity contribution in [2.45, 2.75) is 59.7 Å². The van der Waals surface area contributed by atoms with Crippen LogP contribution < -0.4 is 10.2 Å². The highest BCUT2D eigenvalue weighted by Crippen LogP contribution is 2.40. The van der Waals surface area contributed by atoms with Crippen LogP contribution in [0.4, 0.5) is 5.69 Å². The van der Waals surface area contributed by atoms with Crippen molar-refractivity contribution in [2.75, 3.05) is 19.0 Å². The summed E-state index contributed by atoms with van der Waals surface area (Å²) in [5, 5.41) is 3.17. The number of benzene rings is 1. The molecule has 0 spiro atoms.